The Morgan fingerprint density at radius 3 is 2.69 bits per heavy atom. The smallest absolute Gasteiger partial charge is 0.387 e. The molecule has 3 aromatic rings. The maximum absolute atomic E-state index is 12.6. The largest absolute Gasteiger partial charge is 0.471 e. The highest BCUT2D eigenvalue weighted by atomic mass is 35.5. The van der Waals surface area contributed by atoms with Gasteiger partial charge >= 0.3 is 6.61 Å². The first kappa shape index (κ1) is 20.6. The van der Waals surface area contributed by atoms with Crippen molar-refractivity contribution in [3.05, 3.63) is 70.5 Å². The van der Waals surface area contributed by atoms with Crippen LogP contribution in [0.3, 0.4) is 0 Å². The van der Waals surface area contributed by atoms with Gasteiger partial charge in [0.05, 0.1) is 5.69 Å². The van der Waals surface area contributed by atoms with E-state index in [4.69, 9.17) is 16.3 Å². The van der Waals surface area contributed by atoms with Gasteiger partial charge in [-0.3, -0.25) is 4.79 Å². The van der Waals surface area contributed by atoms with E-state index in [0.717, 1.165) is 11.1 Å². The monoisotopic (exact) mass is 421 g/mol. The normalized spacial score (nSPS) is 10.8. The van der Waals surface area contributed by atoms with E-state index >= 15 is 0 Å². The minimum atomic E-state index is -3.00. The summed E-state index contributed by atoms with van der Waals surface area (Å²) in [5.74, 6) is -0.0342. The molecule has 0 aliphatic rings. The number of hydrogen-bond donors (Lipinski definition) is 1. The number of alkyl halides is 2. The molecule has 1 heterocycles. The molecular weight excluding hydrogens is 404 g/mol. The van der Waals surface area contributed by atoms with Crippen LogP contribution in [0.4, 0.5) is 14.5 Å². The van der Waals surface area contributed by atoms with Gasteiger partial charge in [-0.15, -0.1) is 0 Å². The number of carbonyl (C=O) groups excluding carboxylic acids is 1. The van der Waals surface area contributed by atoms with Gasteiger partial charge in [-0.05, 0) is 61.4 Å². The van der Waals surface area contributed by atoms with Crippen molar-refractivity contribution in [2.45, 2.75) is 27.2 Å². The second kappa shape index (κ2) is 8.91. The Bertz CT molecular complexity index is 1020. The highest BCUT2D eigenvalue weighted by Crippen LogP contribution is 2.28. The van der Waals surface area contributed by atoms with E-state index in [2.05, 4.69) is 15.2 Å². The maximum Gasteiger partial charge on any atom is 0.387 e. The van der Waals surface area contributed by atoms with Crippen LogP contribution in [-0.2, 0) is 6.73 Å². The fourth-order valence-corrected chi connectivity index (χ4v) is 2.80. The zero-order valence-electron chi connectivity index (χ0n) is 15.7. The standard InChI is InChI=1S/C20H18ClF2N3O3/c1-12-3-5-15(18(9-12)29-20(22)23)24-19(27)16-7-8-26(25-16)11-28-17-6-4-14(21)10-13(17)2/h3-10,20H,11H2,1-2H3,(H,24,27). The van der Waals surface area contributed by atoms with Crippen molar-refractivity contribution in [2.24, 2.45) is 0 Å². The molecule has 0 aliphatic heterocycles. The Balaban J connectivity index is 1.66. The van der Waals surface area contributed by atoms with Crippen molar-refractivity contribution < 1.29 is 23.0 Å². The fraction of sp³-hybridized carbons (Fsp3) is 0.200. The number of rotatable bonds is 7. The van der Waals surface area contributed by atoms with Crippen LogP contribution in [0.5, 0.6) is 11.5 Å². The summed E-state index contributed by atoms with van der Waals surface area (Å²) in [6.45, 7) is 0.679. The molecule has 0 radical (unpaired) electrons. The molecule has 152 valence electrons. The summed E-state index contributed by atoms with van der Waals surface area (Å²) < 4.78 is 36.8. The molecule has 9 heteroatoms. The quantitative estimate of drug-likeness (QED) is 0.580. The molecular formula is C20H18ClF2N3O3. The number of ether oxygens (including phenoxy) is 2. The lowest BCUT2D eigenvalue weighted by atomic mass is 10.2. The van der Waals surface area contributed by atoms with Crippen molar-refractivity contribution >= 4 is 23.2 Å². The number of aromatic nitrogens is 2. The minimum absolute atomic E-state index is 0.0834. The number of amides is 1. The topological polar surface area (TPSA) is 65.4 Å². The van der Waals surface area contributed by atoms with Gasteiger partial charge < -0.3 is 14.8 Å². The van der Waals surface area contributed by atoms with Gasteiger partial charge in [-0.2, -0.15) is 13.9 Å². The molecule has 1 amide bonds. The Hall–Kier alpha value is -3.13. The van der Waals surface area contributed by atoms with Gasteiger partial charge in [-0.25, -0.2) is 4.68 Å². The highest BCUT2D eigenvalue weighted by molar-refractivity contribution is 6.30. The molecule has 0 saturated carbocycles. The average Bonchev–Trinajstić information content (AvgIpc) is 3.12. The number of aryl methyl sites for hydroxylation is 2. The minimum Gasteiger partial charge on any atom is -0.471 e. The Labute approximate surface area is 171 Å². The van der Waals surface area contributed by atoms with Crippen molar-refractivity contribution in [1.82, 2.24) is 9.78 Å². The molecule has 0 fully saturated rings. The number of nitrogens with zero attached hydrogens (tertiary/aromatic N) is 2. The van der Waals surface area contributed by atoms with Gasteiger partial charge in [0.15, 0.2) is 12.4 Å². The van der Waals surface area contributed by atoms with Crippen molar-refractivity contribution in [2.75, 3.05) is 5.32 Å². The molecule has 6 nitrogen and oxygen atoms in total. The Kier molecular flexibility index (Phi) is 6.33. The van der Waals surface area contributed by atoms with Crippen LogP contribution in [0.1, 0.15) is 21.6 Å². The van der Waals surface area contributed by atoms with Crippen LogP contribution >= 0.6 is 11.6 Å². The van der Waals surface area contributed by atoms with Crippen LogP contribution in [0, 0.1) is 13.8 Å². The lowest BCUT2D eigenvalue weighted by Gasteiger charge is -2.12. The lowest BCUT2D eigenvalue weighted by Crippen LogP contribution is -2.15. The SMILES string of the molecule is Cc1ccc(NC(=O)c2ccn(COc3ccc(Cl)cc3C)n2)c(OC(F)F)c1. The summed E-state index contributed by atoms with van der Waals surface area (Å²) in [4.78, 5) is 12.4. The number of halogens is 3. The van der Waals surface area contributed by atoms with E-state index in [1.807, 2.05) is 6.92 Å². The Morgan fingerprint density at radius 1 is 1.17 bits per heavy atom. The summed E-state index contributed by atoms with van der Waals surface area (Å²) in [6.07, 6.45) is 1.58. The van der Waals surface area contributed by atoms with Gasteiger partial charge in [0, 0.05) is 11.2 Å². The first-order valence-corrected chi connectivity index (χ1v) is 8.99. The van der Waals surface area contributed by atoms with Gasteiger partial charge in [0.25, 0.3) is 5.91 Å². The molecule has 0 bridgehead atoms. The van der Waals surface area contributed by atoms with E-state index in [1.165, 1.54) is 22.9 Å². The van der Waals surface area contributed by atoms with Crippen LogP contribution in [0.25, 0.3) is 0 Å². The number of nitrogens with one attached hydrogen (secondary N) is 1. The summed E-state index contributed by atoms with van der Waals surface area (Å²) in [6, 6.07) is 11.3. The summed E-state index contributed by atoms with van der Waals surface area (Å²) in [5, 5.41) is 7.29. The molecule has 1 aromatic heterocycles. The third-order valence-electron chi connectivity index (χ3n) is 3.96. The first-order valence-electron chi connectivity index (χ1n) is 8.61. The first-order chi connectivity index (χ1) is 13.8. The van der Waals surface area contributed by atoms with E-state index in [-0.39, 0.29) is 23.9 Å². The summed E-state index contributed by atoms with van der Waals surface area (Å²) in [5.41, 5.74) is 1.82. The molecule has 3 rings (SSSR count). The second-order valence-electron chi connectivity index (χ2n) is 6.26. The van der Waals surface area contributed by atoms with Crippen molar-refractivity contribution in [3.8, 4) is 11.5 Å². The predicted octanol–water partition coefficient (Wildman–Crippen LogP) is 5.04. The third kappa shape index (κ3) is 5.45. The van der Waals surface area contributed by atoms with Crippen LogP contribution in [-0.4, -0.2) is 22.3 Å². The van der Waals surface area contributed by atoms with Gasteiger partial charge in [0.2, 0.25) is 0 Å². The summed E-state index contributed by atoms with van der Waals surface area (Å²) in [7, 11) is 0. The van der Waals surface area contributed by atoms with E-state index in [1.54, 1.807) is 37.4 Å². The van der Waals surface area contributed by atoms with Crippen LogP contribution in [0.2, 0.25) is 5.02 Å². The Morgan fingerprint density at radius 2 is 1.97 bits per heavy atom. The highest BCUT2D eigenvalue weighted by Gasteiger charge is 2.15. The van der Waals surface area contributed by atoms with E-state index in [0.29, 0.717) is 10.8 Å². The third-order valence-corrected chi connectivity index (χ3v) is 4.20. The molecule has 0 aliphatic carbocycles. The van der Waals surface area contributed by atoms with E-state index in [9.17, 15) is 13.6 Å². The molecule has 0 unspecified atom stereocenters. The predicted molar refractivity (Wildman–Crippen MR) is 105 cm³/mol. The van der Waals surface area contributed by atoms with Crippen molar-refractivity contribution in [1.29, 1.82) is 0 Å². The molecule has 1 N–H and O–H groups in total. The number of benzene rings is 2. The molecule has 2 aromatic carbocycles. The number of anilines is 1. The molecule has 0 spiro atoms. The average molecular weight is 422 g/mol. The van der Waals surface area contributed by atoms with Gasteiger partial charge in [-0.1, -0.05) is 17.7 Å². The van der Waals surface area contributed by atoms with E-state index < -0.39 is 12.5 Å². The lowest BCUT2D eigenvalue weighted by molar-refractivity contribution is -0.0494. The number of carbonyl (C=O) groups is 1. The second-order valence-corrected chi connectivity index (χ2v) is 6.69. The summed E-state index contributed by atoms with van der Waals surface area (Å²) >= 11 is 5.92. The molecule has 0 atom stereocenters. The molecule has 0 saturated heterocycles. The van der Waals surface area contributed by atoms with Crippen LogP contribution in [0.15, 0.2) is 48.7 Å². The number of hydrogen-bond acceptors (Lipinski definition) is 4. The zero-order chi connectivity index (χ0) is 21.0. The molecule has 29 heavy (non-hydrogen) atoms. The van der Waals surface area contributed by atoms with Crippen molar-refractivity contribution in [3.63, 3.8) is 0 Å². The van der Waals surface area contributed by atoms with Crippen LogP contribution < -0.4 is 14.8 Å². The maximum atomic E-state index is 12.6. The fourth-order valence-electron chi connectivity index (χ4n) is 2.58. The zero-order valence-corrected chi connectivity index (χ0v) is 16.4. The van der Waals surface area contributed by atoms with Gasteiger partial charge in [0.1, 0.15) is 11.5 Å².